The molecule has 1 fully saturated rings. The van der Waals surface area contributed by atoms with E-state index >= 15 is 0 Å². The molecule has 2 atom stereocenters. The van der Waals surface area contributed by atoms with Gasteiger partial charge in [-0.1, -0.05) is 12.5 Å². The van der Waals surface area contributed by atoms with Crippen molar-refractivity contribution in [2.75, 3.05) is 26.0 Å². The number of hydrogen-bond acceptors (Lipinski definition) is 7. The van der Waals surface area contributed by atoms with Crippen LogP contribution in [0.2, 0.25) is 0 Å². The molecule has 1 aliphatic heterocycles. The normalized spacial score (nSPS) is 17.5. The minimum Gasteiger partial charge on any atom is -0.383 e. The topological polar surface area (TPSA) is 117 Å². The van der Waals surface area contributed by atoms with Crippen molar-refractivity contribution in [1.82, 2.24) is 34.2 Å². The highest BCUT2D eigenvalue weighted by Crippen LogP contribution is 2.32. The number of nitrogens with zero attached hydrogens (tertiary/aromatic N) is 7. The van der Waals surface area contributed by atoms with E-state index in [-0.39, 0.29) is 46.1 Å². The Labute approximate surface area is 204 Å². The summed E-state index contributed by atoms with van der Waals surface area (Å²) in [7, 11) is 3.15. The average Bonchev–Trinajstić information content (AvgIpc) is 3.56. The fourth-order valence-corrected chi connectivity index (χ4v) is 4.61. The maximum atomic E-state index is 14.8. The van der Waals surface area contributed by atoms with Gasteiger partial charge >= 0.3 is 0 Å². The van der Waals surface area contributed by atoms with Gasteiger partial charge in [-0.2, -0.15) is 5.10 Å². The Balaban J connectivity index is 1.59. The molecule has 1 amide bonds. The zero-order chi connectivity index (χ0) is 25.6. The number of aromatic nitrogens is 6. The number of ether oxygens (including phenoxy) is 1. The predicted octanol–water partition coefficient (Wildman–Crippen LogP) is 1.95. The van der Waals surface area contributed by atoms with E-state index in [1.807, 2.05) is 0 Å². The van der Waals surface area contributed by atoms with Gasteiger partial charge in [0, 0.05) is 20.7 Å². The molecule has 4 heterocycles. The molecule has 5 rings (SSSR count). The maximum Gasteiger partial charge on any atom is 0.246 e. The van der Waals surface area contributed by atoms with E-state index in [1.54, 1.807) is 23.7 Å². The molecule has 36 heavy (non-hydrogen) atoms. The number of fused-ring (bicyclic) bond motifs is 2. The van der Waals surface area contributed by atoms with Gasteiger partial charge in [0.25, 0.3) is 0 Å². The summed E-state index contributed by atoms with van der Waals surface area (Å²) in [5, 5.41) is 4.99. The summed E-state index contributed by atoms with van der Waals surface area (Å²) in [4.78, 5) is 26.5. The van der Waals surface area contributed by atoms with Crippen LogP contribution in [-0.2, 0) is 16.6 Å². The number of anilines is 1. The van der Waals surface area contributed by atoms with Crippen molar-refractivity contribution in [1.29, 1.82) is 0 Å². The molecule has 1 saturated heterocycles. The number of benzene rings is 1. The van der Waals surface area contributed by atoms with Crippen LogP contribution in [-0.4, -0.2) is 66.4 Å². The van der Waals surface area contributed by atoms with Crippen molar-refractivity contribution in [3.8, 4) is 11.8 Å². The Hall–Kier alpha value is -4.37. The molecule has 3 aromatic heterocycles. The largest absolute Gasteiger partial charge is 0.383 e. The molecule has 10 nitrogen and oxygen atoms in total. The lowest BCUT2D eigenvalue weighted by atomic mass is 10.1. The smallest absolute Gasteiger partial charge is 0.246 e. The van der Waals surface area contributed by atoms with Gasteiger partial charge in [-0.25, -0.2) is 28.4 Å². The van der Waals surface area contributed by atoms with Gasteiger partial charge < -0.3 is 19.9 Å². The van der Waals surface area contributed by atoms with E-state index < -0.39 is 11.6 Å². The van der Waals surface area contributed by atoms with E-state index in [9.17, 15) is 13.6 Å². The lowest BCUT2D eigenvalue weighted by Crippen LogP contribution is -2.37. The Kier molecular flexibility index (Phi) is 5.85. The van der Waals surface area contributed by atoms with E-state index in [4.69, 9.17) is 10.5 Å². The number of carbonyl (C=O) groups is 1. The van der Waals surface area contributed by atoms with E-state index in [0.29, 0.717) is 30.6 Å². The summed E-state index contributed by atoms with van der Waals surface area (Å²) < 4.78 is 37.7. The number of nitrogen functional groups attached to an aromatic ring is 1. The summed E-state index contributed by atoms with van der Waals surface area (Å²) in [6.07, 6.45) is 4.52. The SMILES string of the molecule is C=CC(=O)N1C[C@@H](n2nc(C#Cc3cc4ncn(C)c4c(F)c3F)c3c(N)ncnc32)C[C@@H]1COC. The van der Waals surface area contributed by atoms with E-state index in [0.717, 1.165) is 0 Å². The van der Waals surface area contributed by atoms with Gasteiger partial charge in [0.1, 0.15) is 23.4 Å². The molecule has 0 unspecified atom stereocenters. The molecule has 2 N–H and O–H groups in total. The molecule has 4 aromatic rings. The van der Waals surface area contributed by atoms with Crippen LogP contribution >= 0.6 is 0 Å². The number of imidazole rings is 1. The first kappa shape index (κ1) is 23.4. The third kappa shape index (κ3) is 3.74. The fraction of sp³-hybridized carbons (Fsp3) is 0.292. The highest BCUT2D eigenvalue weighted by atomic mass is 19.2. The summed E-state index contributed by atoms with van der Waals surface area (Å²) in [5.74, 6) is 3.29. The van der Waals surface area contributed by atoms with E-state index in [1.165, 1.54) is 29.4 Å². The number of aryl methyl sites for hydroxylation is 1. The van der Waals surface area contributed by atoms with Gasteiger partial charge in [0.2, 0.25) is 5.91 Å². The molecule has 0 aliphatic carbocycles. The van der Waals surface area contributed by atoms with Crippen molar-refractivity contribution in [3.05, 3.63) is 54.3 Å². The number of likely N-dealkylation sites (tertiary alicyclic amines) is 1. The molecule has 0 radical (unpaired) electrons. The predicted molar refractivity (Wildman–Crippen MR) is 128 cm³/mol. The molecular formula is C24H22F2N8O2. The van der Waals surface area contributed by atoms with Crippen LogP contribution < -0.4 is 5.73 Å². The van der Waals surface area contributed by atoms with Crippen LogP contribution in [0.15, 0.2) is 31.4 Å². The second-order valence-electron chi connectivity index (χ2n) is 8.47. The van der Waals surface area contributed by atoms with Crippen LogP contribution in [0, 0.1) is 23.5 Å². The lowest BCUT2D eigenvalue weighted by molar-refractivity contribution is -0.127. The molecule has 12 heteroatoms. The number of halogens is 2. The minimum atomic E-state index is -1.08. The van der Waals surface area contributed by atoms with Crippen LogP contribution in [0.4, 0.5) is 14.6 Å². The molecule has 0 saturated carbocycles. The average molecular weight is 492 g/mol. The number of carbonyl (C=O) groups excluding carboxylic acids is 1. The molecular weight excluding hydrogens is 470 g/mol. The second-order valence-corrected chi connectivity index (χ2v) is 8.47. The Morgan fingerprint density at radius 1 is 1.31 bits per heavy atom. The highest BCUT2D eigenvalue weighted by Gasteiger charge is 2.37. The second kappa shape index (κ2) is 9.01. The van der Waals surface area contributed by atoms with Gasteiger partial charge in [-0.05, 0) is 24.5 Å². The van der Waals surface area contributed by atoms with Crippen LogP contribution in [0.25, 0.3) is 22.1 Å². The highest BCUT2D eigenvalue weighted by molar-refractivity contribution is 5.91. The van der Waals surface area contributed by atoms with Gasteiger partial charge in [0.05, 0.1) is 41.5 Å². The minimum absolute atomic E-state index is 0.0518. The number of amides is 1. The Bertz CT molecular complexity index is 1580. The lowest BCUT2D eigenvalue weighted by Gasteiger charge is -2.22. The number of hydrogen-bond donors (Lipinski definition) is 1. The molecule has 184 valence electrons. The zero-order valence-corrected chi connectivity index (χ0v) is 19.6. The molecule has 1 aromatic carbocycles. The maximum absolute atomic E-state index is 14.8. The zero-order valence-electron chi connectivity index (χ0n) is 19.6. The first-order chi connectivity index (χ1) is 17.3. The Morgan fingerprint density at radius 3 is 2.86 bits per heavy atom. The quantitative estimate of drug-likeness (QED) is 0.342. The van der Waals surface area contributed by atoms with Crippen molar-refractivity contribution in [2.24, 2.45) is 7.05 Å². The third-order valence-corrected chi connectivity index (χ3v) is 6.27. The number of rotatable bonds is 4. The van der Waals surface area contributed by atoms with Gasteiger partial charge in [-0.15, -0.1) is 0 Å². The van der Waals surface area contributed by atoms with Gasteiger partial charge in [0.15, 0.2) is 17.3 Å². The standard InChI is InChI=1S/C24H22F2N8O2/c1-4-18(35)33-9-14(8-15(33)10-36-3)34-24-19(23(27)28-11-29-24)16(31-34)6-5-13-7-17-22(21(26)20(13)25)32(2)12-30-17/h4,7,11-12,14-15H,1,8-10H2,2-3H3,(H2,27,28,29)/t14-,15+/m0/s1. The number of methoxy groups -OCH3 is 1. The van der Waals surface area contributed by atoms with Crippen molar-refractivity contribution < 1.29 is 18.3 Å². The summed E-state index contributed by atoms with van der Waals surface area (Å²) in [6.45, 7) is 4.27. The first-order valence-corrected chi connectivity index (χ1v) is 11.1. The summed E-state index contributed by atoms with van der Waals surface area (Å²) >= 11 is 0. The Morgan fingerprint density at radius 2 is 2.11 bits per heavy atom. The first-order valence-electron chi connectivity index (χ1n) is 11.1. The number of nitrogens with two attached hydrogens (primary N) is 1. The molecule has 1 aliphatic rings. The van der Waals surface area contributed by atoms with Crippen LogP contribution in [0.1, 0.15) is 23.7 Å². The van der Waals surface area contributed by atoms with E-state index in [2.05, 4.69) is 38.5 Å². The van der Waals surface area contributed by atoms with Crippen LogP contribution in [0.5, 0.6) is 0 Å². The van der Waals surface area contributed by atoms with Crippen molar-refractivity contribution in [2.45, 2.75) is 18.5 Å². The fourth-order valence-electron chi connectivity index (χ4n) is 4.61. The summed E-state index contributed by atoms with van der Waals surface area (Å²) in [6, 6.07) is 0.950. The molecule has 0 bridgehead atoms. The van der Waals surface area contributed by atoms with Crippen molar-refractivity contribution in [3.63, 3.8) is 0 Å². The molecule has 0 spiro atoms. The van der Waals surface area contributed by atoms with Gasteiger partial charge in [-0.3, -0.25) is 4.79 Å². The summed E-state index contributed by atoms with van der Waals surface area (Å²) in [5.41, 5.74) is 6.92. The monoisotopic (exact) mass is 492 g/mol. The van der Waals surface area contributed by atoms with Crippen molar-refractivity contribution >= 4 is 33.8 Å². The third-order valence-electron chi connectivity index (χ3n) is 6.27. The van der Waals surface area contributed by atoms with Crippen LogP contribution in [0.3, 0.4) is 0 Å².